The van der Waals surface area contributed by atoms with Gasteiger partial charge in [-0.25, -0.2) is 0 Å². The van der Waals surface area contributed by atoms with Crippen LogP contribution in [0.25, 0.3) is 44.2 Å². The van der Waals surface area contributed by atoms with Gasteiger partial charge in [-0.2, -0.15) is 0 Å². The number of hydrogen-bond acceptors (Lipinski definition) is 2. The van der Waals surface area contributed by atoms with Crippen molar-refractivity contribution in [1.82, 2.24) is 0 Å². The maximum Gasteiger partial charge on any atom is 0.277 e. The van der Waals surface area contributed by atoms with Gasteiger partial charge in [0.15, 0.2) is 0 Å². The van der Waals surface area contributed by atoms with E-state index in [2.05, 4.69) is 36.4 Å². The molecule has 0 fully saturated rings. The summed E-state index contributed by atoms with van der Waals surface area (Å²) in [6, 6.07) is 25.6. The molecule has 0 bridgehead atoms. The highest BCUT2D eigenvalue weighted by Gasteiger charge is 2.26. The van der Waals surface area contributed by atoms with E-state index in [4.69, 9.17) is 0 Å². The quantitative estimate of drug-likeness (QED) is 0.292. The van der Waals surface area contributed by atoms with E-state index in [1.807, 2.05) is 30.3 Å². The Morgan fingerprint density at radius 3 is 1.92 bits per heavy atom. The van der Waals surface area contributed by atoms with E-state index in [1.54, 1.807) is 12.1 Å². The Morgan fingerprint density at radius 2 is 1.16 bits per heavy atom. The van der Waals surface area contributed by atoms with Gasteiger partial charge in [0.25, 0.3) is 5.69 Å². The predicted octanol–water partition coefficient (Wildman–Crippen LogP) is 6.06. The molecular weight excluding hydrogens is 310 g/mol. The molecule has 5 rings (SSSR count). The standard InChI is InChI=1S/C22H13NO2/c24-23(25)20-13-2-1-8-15(20)16-10-5-11-18-17-9-3-6-14-7-4-12-19(21(14)17)22(16)18/h1-13H. The van der Waals surface area contributed by atoms with Crippen LogP contribution in [0.3, 0.4) is 0 Å². The van der Waals surface area contributed by atoms with Gasteiger partial charge in [-0.1, -0.05) is 66.7 Å². The predicted molar refractivity (Wildman–Crippen MR) is 100 cm³/mol. The SMILES string of the molecule is O=[N+]([O-])c1ccccc1-c1cccc2c1-c1cccc3cccc-2c13. The van der Waals surface area contributed by atoms with Gasteiger partial charge in [0.1, 0.15) is 0 Å². The fraction of sp³-hybridized carbons (Fsp3) is 0. The van der Waals surface area contributed by atoms with Crippen molar-refractivity contribution in [2.45, 2.75) is 0 Å². The van der Waals surface area contributed by atoms with Crippen molar-refractivity contribution in [1.29, 1.82) is 0 Å². The lowest BCUT2D eigenvalue weighted by Gasteiger charge is -2.10. The molecule has 118 valence electrons. The van der Waals surface area contributed by atoms with Crippen LogP contribution in [0.15, 0.2) is 78.9 Å². The first-order valence-electron chi connectivity index (χ1n) is 8.15. The number of nitro groups is 1. The van der Waals surface area contributed by atoms with Crippen molar-refractivity contribution in [2.24, 2.45) is 0 Å². The lowest BCUT2D eigenvalue weighted by atomic mass is 9.92. The Kier molecular flexibility index (Phi) is 2.80. The number of nitro benzene ring substituents is 1. The van der Waals surface area contributed by atoms with Crippen LogP contribution in [0.1, 0.15) is 0 Å². The summed E-state index contributed by atoms with van der Waals surface area (Å²) in [7, 11) is 0. The zero-order valence-electron chi connectivity index (χ0n) is 13.3. The Bertz CT molecular complexity index is 1170. The molecule has 0 saturated heterocycles. The minimum atomic E-state index is -0.308. The molecular formula is C22H13NO2. The smallest absolute Gasteiger partial charge is 0.258 e. The summed E-state index contributed by atoms with van der Waals surface area (Å²) in [6.07, 6.45) is 0. The minimum Gasteiger partial charge on any atom is -0.258 e. The maximum atomic E-state index is 11.5. The number of para-hydroxylation sites is 1. The molecule has 1 aliphatic carbocycles. The maximum absolute atomic E-state index is 11.5. The molecule has 1 aliphatic rings. The lowest BCUT2D eigenvalue weighted by Crippen LogP contribution is -1.93. The first-order chi connectivity index (χ1) is 12.3. The molecule has 0 atom stereocenters. The molecule has 0 aromatic heterocycles. The highest BCUT2D eigenvalue weighted by molar-refractivity contribution is 6.18. The summed E-state index contributed by atoms with van der Waals surface area (Å²) in [4.78, 5) is 11.2. The highest BCUT2D eigenvalue weighted by atomic mass is 16.6. The van der Waals surface area contributed by atoms with E-state index in [1.165, 1.54) is 16.3 Å². The monoisotopic (exact) mass is 323 g/mol. The summed E-state index contributed by atoms with van der Waals surface area (Å²) < 4.78 is 0. The Labute approximate surface area is 144 Å². The molecule has 0 amide bonds. The first kappa shape index (κ1) is 13.9. The van der Waals surface area contributed by atoms with Crippen LogP contribution in [0, 0.1) is 10.1 Å². The van der Waals surface area contributed by atoms with Gasteiger partial charge in [0, 0.05) is 6.07 Å². The van der Waals surface area contributed by atoms with Gasteiger partial charge in [0.2, 0.25) is 0 Å². The molecule has 0 unspecified atom stereocenters. The van der Waals surface area contributed by atoms with Crippen LogP contribution in [-0.2, 0) is 0 Å². The Morgan fingerprint density at radius 1 is 0.600 bits per heavy atom. The van der Waals surface area contributed by atoms with Crippen LogP contribution in [0.4, 0.5) is 5.69 Å². The summed E-state index contributed by atoms with van der Waals surface area (Å²) in [5.74, 6) is 0. The lowest BCUT2D eigenvalue weighted by molar-refractivity contribution is -0.384. The third kappa shape index (κ3) is 1.86. The summed E-state index contributed by atoms with van der Waals surface area (Å²) in [6.45, 7) is 0. The zero-order chi connectivity index (χ0) is 17.0. The van der Waals surface area contributed by atoms with Crippen LogP contribution in [-0.4, -0.2) is 4.92 Å². The second-order valence-electron chi connectivity index (χ2n) is 6.21. The summed E-state index contributed by atoms with van der Waals surface area (Å²) >= 11 is 0. The van der Waals surface area contributed by atoms with Crippen LogP contribution < -0.4 is 0 Å². The Hall–Kier alpha value is -3.46. The van der Waals surface area contributed by atoms with Gasteiger partial charge < -0.3 is 0 Å². The summed E-state index contributed by atoms with van der Waals surface area (Å²) in [5.41, 5.74) is 6.29. The van der Waals surface area contributed by atoms with Gasteiger partial charge in [-0.15, -0.1) is 0 Å². The molecule has 0 radical (unpaired) electrons. The Balaban J connectivity index is 1.90. The first-order valence-corrected chi connectivity index (χ1v) is 8.15. The molecule has 3 heteroatoms. The normalized spacial score (nSPS) is 11.5. The largest absolute Gasteiger partial charge is 0.277 e. The molecule has 0 heterocycles. The second kappa shape index (κ2) is 5.02. The third-order valence-electron chi connectivity index (χ3n) is 4.92. The fourth-order valence-corrected chi connectivity index (χ4v) is 3.93. The van der Waals surface area contributed by atoms with Crippen molar-refractivity contribution in [3.05, 3.63) is 89.0 Å². The highest BCUT2D eigenvalue weighted by Crippen LogP contribution is 2.51. The van der Waals surface area contributed by atoms with Crippen LogP contribution in [0.5, 0.6) is 0 Å². The van der Waals surface area contributed by atoms with Crippen LogP contribution >= 0.6 is 0 Å². The number of nitrogens with zero attached hydrogens (tertiary/aromatic N) is 1. The van der Waals surface area contributed by atoms with Crippen molar-refractivity contribution >= 4 is 16.5 Å². The van der Waals surface area contributed by atoms with Gasteiger partial charge >= 0.3 is 0 Å². The minimum absolute atomic E-state index is 0.138. The molecule has 0 spiro atoms. The number of hydrogen-bond donors (Lipinski definition) is 0. The molecule has 4 aromatic rings. The third-order valence-corrected chi connectivity index (χ3v) is 4.92. The molecule has 0 N–H and O–H groups in total. The summed E-state index contributed by atoms with van der Waals surface area (Å²) in [5, 5.41) is 13.9. The van der Waals surface area contributed by atoms with Gasteiger partial charge in [-0.3, -0.25) is 10.1 Å². The van der Waals surface area contributed by atoms with Crippen molar-refractivity contribution in [3.63, 3.8) is 0 Å². The fourth-order valence-electron chi connectivity index (χ4n) is 3.93. The van der Waals surface area contributed by atoms with E-state index in [0.717, 1.165) is 22.3 Å². The molecule has 4 aromatic carbocycles. The van der Waals surface area contributed by atoms with Crippen molar-refractivity contribution < 1.29 is 4.92 Å². The topological polar surface area (TPSA) is 43.1 Å². The van der Waals surface area contributed by atoms with Gasteiger partial charge in [0.05, 0.1) is 10.5 Å². The molecule has 0 saturated carbocycles. The van der Waals surface area contributed by atoms with Crippen molar-refractivity contribution in [3.8, 4) is 33.4 Å². The van der Waals surface area contributed by atoms with E-state index in [-0.39, 0.29) is 10.6 Å². The van der Waals surface area contributed by atoms with E-state index >= 15 is 0 Å². The number of benzene rings is 4. The average Bonchev–Trinajstić information content (AvgIpc) is 2.98. The van der Waals surface area contributed by atoms with E-state index < -0.39 is 0 Å². The molecule has 3 nitrogen and oxygen atoms in total. The second-order valence-corrected chi connectivity index (χ2v) is 6.21. The number of fused-ring (bicyclic) bond motifs is 3. The van der Waals surface area contributed by atoms with Gasteiger partial charge in [-0.05, 0) is 44.7 Å². The van der Waals surface area contributed by atoms with Crippen LogP contribution in [0.2, 0.25) is 0 Å². The molecule has 25 heavy (non-hydrogen) atoms. The molecule has 0 aliphatic heterocycles. The van der Waals surface area contributed by atoms with Crippen molar-refractivity contribution in [2.75, 3.05) is 0 Å². The zero-order valence-corrected chi connectivity index (χ0v) is 13.3. The van der Waals surface area contributed by atoms with E-state index in [9.17, 15) is 10.1 Å². The van der Waals surface area contributed by atoms with E-state index in [0.29, 0.717) is 5.56 Å². The average molecular weight is 323 g/mol. The number of rotatable bonds is 2.